The zero-order chi connectivity index (χ0) is 21.0. The molecule has 1 aromatic carbocycles. The second-order valence-corrected chi connectivity index (χ2v) is 11.1. The SMILES string of the molecule is CC(C)(NS(=O)(=O)c1ccc([N+](=O)[O-])cc1)C(=O)NC1C2CC3CC(C2)CC1C3. The summed E-state index contributed by atoms with van der Waals surface area (Å²) in [5.41, 5.74) is -1.53. The zero-order valence-corrected chi connectivity index (χ0v) is 17.4. The van der Waals surface area contributed by atoms with Crippen LogP contribution in [0.15, 0.2) is 29.2 Å². The number of benzene rings is 1. The molecule has 4 saturated carbocycles. The number of carbonyl (C=O) groups is 1. The average Bonchev–Trinajstić information content (AvgIpc) is 2.63. The lowest BCUT2D eigenvalue weighted by Crippen LogP contribution is -2.62. The van der Waals surface area contributed by atoms with Crippen LogP contribution in [0.2, 0.25) is 0 Å². The molecule has 0 heterocycles. The number of sulfonamides is 1. The monoisotopic (exact) mass is 421 g/mol. The van der Waals surface area contributed by atoms with Crippen LogP contribution in [0.4, 0.5) is 5.69 Å². The Morgan fingerprint density at radius 1 is 1.03 bits per heavy atom. The Bertz CT molecular complexity index is 898. The third-order valence-electron chi connectivity index (χ3n) is 6.84. The summed E-state index contributed by atoms with van der Waals surface area (Å²) in [6.07, 6.45) is 5.97. The summed E-state index contributed by atoms with van der Waals surface area (Å²) >= 11 is 0. The highest BCUT2D eigenvalue weighted by molar-refractivity contribution is 7.89. The minimum absolute atomic E-state index is 0.112. The van der Waals surface area contributed by atoms with E-state index in [1.54, 1.807) is 13.8 Å². The molecule has 2 N–H and O–H groups in total. The molecule has 0 atom stereocenters. The van der Waals surface area contributed by atoms with Crippen molar-refractivity contribution in [2.24, 2.45) is 23.7 Å². The number of rotatable bonds is 6. The number of carbonyl (C=O) groups excluding carboxylic acids is 1. The van der Waals surface area contributed by atoms with Crippen LogP contribution in [-0.4, -0.2) is 30.8 Å². The van der Waals surface area contributed by atoms with E-state index < -0.39 is 20.5 Å². The van der Waals surface area contributed by atoms with Crippen LogP contribution in [0.25, 0.3) is 0 Å². The molecule has 0 radical (unpaired) electrons. The summed E-state index contributed by atoms with van der Waals surface area (Å²) in [6.45, 7) is 3.09. The summed E-state index contributed by atoms with van der Waals surface area (Å²) in [5.74, 6) is 2.24. The third-order valence-corrected chi connectivity index (χ3v) is 8.51. The lowest BCUT2D eigenvalue weighted by Gasteiger charge is -2.54. The highest BCUT2D eigenvalue weighted by Crippen LogP contribution is 2.53. The van der Waals surface area contributed by atoms with Crippen molar-refractivity contribution in [3.05, 3.63) is 34.4 Å². The van der Waals surface area contributed by atoms with Crippen molar-refractivity contribution in [2.75, 3.05) is 0 Å². The molecule has 1 amide bonds. The predicted octanol–water partition coefficient (Wildman–Crippen LogP) is 2.59. The molecule has 4 aliphatic rings. The molecule has 0 saturated heterocycles. The van der Waals surface area contributed by atoms with E-state index in [9.17, 15) is 23.3 Å². The number of hydrogen-bond acceptors (Lipinski definition) is 5. The van der Waals surface area contributed by atoms with Crippen LogP contribution in [0.1, 0.15) is 46.0 Å². The standard InChI is InChI=1S/C20H27N3O5S/c1-20(2,22-29(27,28)17-5-3-16(4-6-17)23(25)26)19(24)21-18-14-8-12-7-13(10-14)11-15(18)9-12/h3-6,12-15,18,22H,7-11H2,1-2H3,(H,21,24). The number of nitrogens with one attached hydrogen (secondary N) is 2. The van der Waals surface area contributed by atoms with Crippen molar-refractivity contribution in [3.63, 3.8) is 0 Å². The number of amides is 1. The fraction of sp³-hybridized carbons (Fsp3) is 0.650. The van der Waals surface area contributed by atoms with E-state index in [0.29, 0.717) is 11.8 Å². The van der Waals surface area contributed by atoms with Gasteiger partial charge in [-0.1, -0.05) is 0 Å². The molecular weight excluding hydrogens is 394 g/mol. The third kappa shape index (κ3) is 3.90. The molecule has 29 heavy (non-hydrogen) atoms. The first-order valence-electron chi connectivity index (χ1n) is 10.1. The summed E-state index contributed by atoms with van der Waals surface area (Å²) in [7, 11) is -4.00. The fourth-order valence-corrected chi connectivity index (χ4v) is 7.06. The maximum atomic E-state index is 13.0. The van der Waals surface area contributed by atoms with Crippen molar-refractivity contribution in [1.29, 1.82) is 0 Å². The molecule has 4 aliphatic carbocycles. The molecule has 0 spiro atoms. The molecule has 1 aromatic rings. The van der Waals surface area contributed by atoms with Crippen molar-refractivity contribution in [1.82, 2.24) is 10.0 Å². The van der Waals surface area contributed by atoms with Gasteiger partial charge in [0.1, 0.15) is 5.54 Å². The van der Waals surface area contributed by atoms with E-state index in [4.69, 9.17) is 0 Å². The number of nitro benzene ring substituents is 1. The summed E-state index contributed by atoms with van der Waals surface area (Å²) < 4.78 is 27.9. The van der Waals surface area contributed by atoms with Crippen molar-refractivity contribution >= 4 is 21.6 Å². The normalized spacial score (nSPS) is 30.9. The first-order chi connectivity index (χ1) is 13.5. The maximum Gasteiger partial charge on any atom is 0.269 e. The van der Waals surface area contributed by atoms with Crippen LogP contribution in [0, 0.1) is 33.8 Å². The zero-order valence-electron chi connectivity index (χ0n) is 16.6. The van der Waals surface area contributed by atoms with Crippen LogP contribution in [0.5, 0.6) is 0 Å². The predicted molar refractivity (Wildman–Crippen MR) is 106 cm³/mol. The number of nitrogens with zero attached hydrogens (tertiary/aromatic N) is 1. The lowest BCUT2D eigenvalue weighted by atomic mass is 9.54. The van der Waals surface area contributed by atoms with Gasteiger partial charge in [0.05, 0.1) is 9.82 Å². The van der Waals surface area contributed by atoms with Gasteiger partial charge in [-0.25, -0.2) is 8.42 Å². The Kier molecular flexibility index (Phi) is 4.93. The number of hydrogen-bond donors (Lipinski definition) is 2. The minimum Gasteiger partial charge on any atom is -0.351 e. The smallest absolute Gasteiger partial charge is 0.269 e. The van der Waals surface area contributed by atoms with Crippen LogP contribution in [-0.2, 0) is 14.8 Å². The Morgan fingerprint density at radius 3 is 2.03 bits per heavy atom. The van der Waals surface area contributed by atoms with Gasteiger partial charge in [-0.3, -0.25) is 14.9 Å². The maximum absolute atomic E-state index is 13.0. The van der Waals surface area contributed by atoms with Gasteiger partial charge < -0.3 is 5.32 Å². The van der Waals surface area contributed by atoms with Gasteiger partial charge >= 0.3 is 0 Å². The van der Waals surface area contributed by atoms with Crippen LogP contribution < -0.4 is 10.0 Å². The van der Waals surface area contributed by atoms with E-state index in [-0.39, 0.29) is 22.5 Å². The lowest BCUT2D eigenvalue weighted by molar-refractivity contribution is -0.384. The van der Waals surface area contributed by atoms with E-state index in [1.165, 1.54) is 18.6 Å². The summed E-state index contributed by atoms with van der Waals surface area (Å²) in [4.78, 5) is 23.0. The highest BCUT2D eigenvalue weighted by Gasteiger charge is 2.49. The topological polar surface area (TPSA) is 118 Å². The average molecular weight is 422 g/mol. The molecular formula is C20H27N3O5S. The van der Waals surface area contributed by atoms with E-state index in [2.05, 4.69) is 10.0 Å². The Balaban J connectivity index is 1.45. The second kappa shape index (κ2) is 7.05. The van der Waals surface area contributed by atoms with Crippen LogP contribution >= 0.6 is 0 Å². The molecule has 158 valence electrons. The molecule has 5 rings (SSSR count). The Morgan fingerprint density at radius 2 is 1.55 bits per heavy atom. The van der Waals surface area contributed by atoms with Gasteiger partial charge in [-0.2, -0.15) is 4.72 Å². The minimum atomic E-state index is -4.00. The molecule has 0 unspecified atom stereocenters. The van der Waals surface area contributed by atoms with Gasteiger partial charge in [0.15, 0.2) is 0 Å². The van der Waals surface area contributed by atoms with E-state index in [1.807, 2.05) is 0 Å². The van der Waals surface area contributed by atoms with E-state index in [0.717, 1.165) is 49.7 Å². The molecule has 4 bridgehead atoms. The Labute approximate surface area is 170 Å². The molecule has 0 aromatic heterocycles. The number of non-ortho nitro benzene ring substituents is 1. The van der Waals surface area contributed by atoms with E-state index >= 15 is 0 Å². The molecule has 8 nitrogen and oxygen atoms in total. The quantitative estimate of drug-likeness (QED) is 0.541. The van der Waals surface area contributed by atoms with Gasteiger partial charge in [0, 0.05) is 18.2 Å². The van der Waals surface area contributed by atoms with Crippen molar-refractivity contribution < 1.29 is 18.1 Å². The summed E-state index contributed by atoms with van der Waals surface area (Å²) in [5, 5.41) is 13.9. The first kappa shape index (κ1) is 20.3. The Hall–Kier alpha value is -2.00. The van der Waals surface area contributed by atoms with Crippen molar-refractivity contribution in [3.8, 4) is 0 Å². The first-order valence-corrected chi connectivity index (χ1v) is 11.6. The largest absolute Gasteiger partial charge is 0.351 e. The molecule has 9 heteroatoms. The van der Waals surface area contributed by atoms with Crippen molar-refractivity contribution in [2.45, 2.75) is 62.4 Å². The fourth-order valence-electron chi connectivity index (χ4n) is 5.68. The van der Waals surface area contributed by atoms with Crippen LogP contribution in [0.3, 0.4) is 0 Å². The van der Waals surface area contributed by atoms with Gasteiger partial charge in [-0.15, -0.1) is 0 Å². The van der Waals surface area contributed by atoms with Gasteiger partial charge in [-0.05, 0) is 81.8 Å². The molecule has 4 fully saturated rings. The molecule has 0 aliphatic heterocycles. The summed E-state index contributed by atoms with van der Waals surface area (Å²) in [6, 6.07) is 4.74. The highest BCUT2D eigenvalue weighted by atomic mass is 32.2. The van der Waals surface area contributed by atoms with Gasteiger partial charge in [0.25, 0.3) is 5.69 Å². The second-order valence-electron chi connectivity index (χ2n) is 9.41. The number of nitro groups is 1. The van der Waals surface area contributed by atoms with Gasteiger partial charge in [0.2, 0.25) is 15.9 Å².